The summed E-state index contributed by atoms with van der Waals surface area (Å²) in [5.41, 5.74) is 0. The van der Waals surface area contributed by atoms with Crippen LogP contribution >= 0.6 is 0 Å². The van der Waals surface area contributed by atoms with Crippen LogP contribution in [0, 0.1) is 0 Å². The van der Waals surface area contributed by atoms with E-state index in [1.807, 2.05) is 6.92 Å². The third-order valence-corrected chi connectivity index (χ3v) is 1.63. The topological polar surface area (TPSA) is 41.6 Å². The van der Waals surface area contributed by atoms with E-state index in [1.165, 1.54) is 0 Å². The van der Waals surface area contributed by atoms with Crippen LogP contribution in [-0.4, -0.2) is 51.2 Å². The van der Waals surface area contributed by atoms with Crippen LogP contribution in [0.25, 0.3) is 0 Å². The monoisotopic (exact) mass is 174 g/mol. The molecule has 0 spiro atoms. The molecule has 0 aliphatic rings. The second-order valence-electron chi connectivity index (χ2n) is 2.50. The Morgan fingerprint density at radius 3 is 2.67 bits per heavy atom. The number of hydrogen-bond acceptors (Lipinski definition) is 3. The highest BCUT2D eigenvalue weighted by Gasteiger charge is 2.08. The fourth-order valence-electron chi connectivity index (χ4n) is 0.924. The van der Waals surface area contributed by atoms with Gasteiger partial charge in [0.1, 0.15) is 0 Å². The van der Waals surface area contributed by atoms with E-state index in [0.717, 1.165) is 6.54 Å². The van der Waals surface area contributed by atoms with Crippen LogP contribution in [0.3, 0.4) is 0 Å². The van der Waals surface area contributed by atoms with Crippen molar-refractivity contribution in [2.75, 3.05) is 40.4 Å². The highest BCUT2D eigenvalue weighted by Crippen LogP contribution is 1.88. The quantitative estimate of drug-likeness (QED) is 0.601. The molecule has 1 amide bonds. The Balaban J connectivity index is 3.71. The summed E-state index contributed by atoms with van der Waals surface area (Å²) in [7, 11) is 3.40. The number of likely N-dealkylation sites (N-methyl/N-ethyl adjacent to an activating group) is 2. The molecule has 0 saturated carbocycles. The second-order valence-corrected chi connectivity index (χ2v) is 2.50. The van der Waals surface area contributed by atoms with Crippen LogP contribution in [0.4, 0.5) is 0 Å². The van der Waals surface area contributed by atoms with Crippen molar-refractivity contribution in [2.24, 2.45) is 0 Å². The molecule has 0 aliphatic carbocycles. The van der Waals surface area contributed by atoms with Crippen LogP contribution in [-0.2, 0) is 9.53 Å². The summed E-state index contributed by atoms with van der Waals surface area (Å²) in [6, 6.07) is 0. The molecule has 4 heteroatoms. The molecule has 0 aromatic carbocycles. The van der Waals surface area contributed by atoms with Crippen molar-refractivity contribution in [1.82, 2.24) is 10.2 Å². The number of methoxy groups -OCH3 is 1. The van der Waals surface area contributed by atoms with Gasteiger partial charge in [0.15, 0.2) is 0 Å². The highest BCUT2D eigenvalue weighted by molar-refractivity contribution is 5.78. The number of ether oxygens (including phenoxy) is 1. The number of rotatable bonds is 6. The fourth-order valence-corrected chi connectivity index (χ4v) is 0.924. The van der Waals surface area contributed by atoms with Gasteiger partial charge in [0.2, 0.25) is 5.91 Å². The van der Waals surface area contributed by atoms with E-state index in [1.54, 1.807) is 19.1 Å². The summed E-state index contributed by atoms with van der Waals surface area (Å²) in [6.07, 6.45) is 0. The maximum atomic E-state index is 11.3. The Hall–Kier alpha value is -0.610. The van der Waals surface area contributed by atoms with Gasteiger partial charge in [0.25, 0.3) is 0 Å². The molecule has 0 unspecified atom stereocenters. The van der Waals surface area contributed by atoms with E-state index in [9.17, 15) is 4.79 Å². The summed E-state index contributed by atoms with van der Waals surface area (Å²) >= 11 is 0. The van der Waals surface area contributed by atoms with Crippen LogP contribution in [0.15, 0.2) is 0 Å². The molecular formula is C8H18N2O2. The second kappa shape index (κ2) is 7.06. The number of nitrogens with one attached hydrogen (secondary N) is 1. The van der Waals surface area contributed by atoms with Gasteiger partial charge < -0.3 is 15.0 Å². The minimum absolute atomic E-state index is 0.122. The van der Waals surface area contributed by atoms with Crippen molar-refractivity contribution in [1.29, 1.82) is 0 Å². The summed E-state index contributed by atoms with van der Waals surface area (Å²) in [6.45, 7) is 4.38. The van der Waals surface area contributed by atoms with Crippen molar-refractivity contribution in [3.63, 3.8) is 0 Å². The van der Waals surface area contributed by atoms with Crippen molar-refractivity contribution >= 4 is 5.91 Å². The van der Waals surface area contributed by atoms with Gasteiger partial charge in [-0.25, -0.2) is 0 Å². The van der Waals surface area contributed by atoms with E-state index < -0.39 is 0 Å². The minimum atomic E-state index is 0.122. The number of hydrogen-bond donors (Lipinski definition) is 1. The van der Waals surface area contributed by atoms with Gasteiger partial charge in [0, 0.05) is 20.2 Å². The molecule has 0 heterocycles. The zero-order chi connectivity index (χ0) is 9.40. The lowest BCUT2D eigenvalue weighted by molar-refractivity contribution is -0.130. The number of nitrogens with zero attached hydrogens (tertiary/aromatic N) is 1. The predicted molar refractivity (Wildman–Crippen MR) is 48.1 cm³/mol. The van der Waals surface area contributed by atoms with E-state index in [-0.39, 0.29) is 5.91 Å². The first-order valence-electron chi connectivity index (χ1n) is 4.17. The van der Waals surface area contributed by atoms with Crippen molar-refractivity contribution in [2.45, 2.75) is 6.92 Å². The molecule has 4 nitrogen and oxygen atoms in total. The highest BCUT2D eigenvalue weighted by atomic mass is 16.5. The number of carbonyl (C=O) groups excluding carboxylic acids is 1. The third kappa shape index (κ3) is 4.31. The average molecular weight is 174 g/mol. The standard InChI is InChI=1S/C8H18N2O2/c1-4-10(5-6-12-3)8(11)7-9-2/h9H,4-7H2,1-3H3. The van der Waals surface area contributed by atoms with Gasteiger partial charge in [-0.15, -0.1) is 0 Å². The van der Waals surface area contributed by atoms with E-state index >= 15 is 0 Å². The van der Waals surface area contributed by atoms with Crippen LogP contribution in [0.1, 0.15) is 6.92 Å². The molecule has 0 saturated heterocycles. The molecular weight excluding hydrogens is 156 g/mol. The largest absolute Gasteiger partial charge is 0.383 e. The maximum Gasteiger partial charge on any atom is 0.236 e. The lowest BCUT2D eigenvalue weighted by Gasteiger charge is -2.19. The van der Waals surface area contributed by atoms with Crippen LogP contribution in [0.2, 0.25) is 0 Å². The van der Waals surface area contributed by atoms with Gasteiger partial charge in [-0.05, 0) is 14.0 Å². The molecule has 0 aromatic heterocycles. The minimum Gasteiger partial charge on any atom is -0.383 e. The van der Waals surface area contributed by atoms with Gasteiger partial charge in [-0.2, -0.15) is 0 Å². The van der Waals surface area contributed by atoms with E-state index in [0.29, 0.717) is 19.7 Å². The normalized spacial score (nSPS) is 9.92. The molecule has 0 aromatic rings. The molecule has 1 N–H and O–H groups in total. The molecule has 0 radical (unpaired) electrons. The first-order valence-corrected chi connectivity index (χ1v) is 4.17. The first-order chi connectivity index (χ1) is 5.76. The summed E-state index contributed by atoms with van der Waals surface area (Å²) in [4.78, 5) is 13.1. The molecule has 0 fully saturated rings. The van der Waals surface area contributed by atoms with Gasteiger partial charge in [-0.1, -0.05) is 0 Å². The molecule has 0 rings (SSSR count). The Morgan fingerprint density at radius 1 is 1.58 bits per heavy atom. The SMILES string of the molecule is CCN(CCOC)C(=O)CNC. The zero-order valence-corrected chi connectivity index (χ0v) is 8.09. The molecule has 0 aliphatic heterocycles. The van der Waals surface area contributed by atoms with Crippen molar-refractivity contribution < 1.29 is 9.53 Å². The first kappa shape index (κ1) is 11.4. The van der Waals surface area contributed by atoms with E-state index in [4.69, 9.17) is 4.74 Å². The lowest BCUT2D eigenvalue weighted by Crippen LogP contribution is -2.38. The summed E-state index contributed by atoms with van der Waals surface area (Å²) in [5, 5.41) is 2.83. The Kier molecular flexibility index (Phi) is 6.70. The molecule has 0 atom stereocenters. The van der Waals surface area contributed by atoms with Gasteiger partial charge >= 0.3 is 0 Å². The van der Waals surface area contributed by atoms with Crippen LogP contribution < -0.4 is 5.32 Å². The maximum absolute atomic E-state index is 11.3. The Bertz CT molecular complexity index is 128. The van der Waals surface area contributed by atoms with E-state index in [2.05, 4.69) is 5.32 Å². The van der Waals surface area contributed by atoms with Crippen molar-refractivity contribution in [3.8, 4) is 0 Å². The van der Waals surface area contributed by atoms with Crippen LogP contribution in [0.5, 0.6) is 0 Å². The number of amides is 1. The molecule has 0 bridgehead atoms. The lowest BCUT2D eigenvalue weighted by atomic mass is 10.4. The predicted octanol–water partition coefficient (Wildman–Crippen LogP) is -0.299. The summed E-state index contributed by atoms with van der Waals surface area (Å²) in [5.74, 6) is 0.122. The van der Waals surface area contributed by atoms with Gasteiger partial charge in [0.05, 0.1) is 13.2 Å². The number of carbonyl (C=O) groups is 1. The smallest absolute Gasteiger partial charge is 0.236 e. The van der Waals surface area contributed by atoms with Crippen molar-refractivity contribution in [3.05, 3.63) is 0 Å². The molecule has 12 heavy (non-hydrogen) atoms. The zero-order valence-electron chi connectivity index (χ0n) is 8.09. The Labute approximate surface area is 73.9 Å². The van der Waals surface area contributed by atoms with Gasteiger partial charge in [-0.3, -0.25) is 4.79 Å². The average Bonchev–Trinajstić information content (AvgIpc) is 2.06. The summed E-state index contributed by atoms with van der Waals surface area (Å²) < 4.78 is 4.89. The Morgan fingerprint density at radius 2 is 2.25 bits per heavy atom. The molecule has 72 valence electrons. The fraction of sp³-hybridized carbons (Fsp3) is 0.875. The third-order valence-electron chi connectivity index (χ3n) is 1.63.